The molecule has 3 N–H and O–H groups in total. The van der Waals surface area contributed by atoms with Crippen LogP contribution in [0, 0.1) is 0 Å². The maximum absolute atomic E-state index is 11.8. The number of alkyl carbamates (subject to hydrolysis) is 1. The van der Waals surface area contributed by atoms with Crippen molar-refractivity contribution in [1.82, 2.24) is 16.0 Å². The van der Waals surface area contributed by atoms with E-state index in [2.05, 4.69) is 22.9 Å². The molecule has 0 bridgehead atoms. The van der Waals surface area contributed by atoms with Crippen LogP contribution in [-0.2, 0) is 4.74 Å². The molecule has 5 heteroatoms. The summed E-state index contributed by atoms with van der Waals surface area (Å²) in [5.74, 6) is 0. The van der Waals surface area contributed by atoms with E-state index in [0.717, 1.165) is 25.7 Å². The van der Waals surface area contributed by atoms with Crippen LogP contribution in [0.1, 0.15) is 72.6 Å². The highest BCUT2D eigenvalue weighted by molar-refractivity contribution is 5.68. The molecule has 2 unspecified atom stereocenters. The number of hydrogen-bond acceptors (Lipinski definition) is 4. The minimum atomic E-state index is -0.424. The first-order valence-corrected chi connectivity index (χ1v) is 9.31. The van der Waals surface area contributed by atoms with Gasteiger partial charge in [0.2, 0.25) is 0 Å². The maximum Gasteiger partial charge on any atom is 0.407 e. The molecular weight excluding hydrogens is 290 g/mol. The van der Waals surface area contributed by atoms with Crippen molar-refractivity contribution in [3.63, 3.8) is 0 Å². The van der Waals surface area contributed by atoms with E-state index in [0.29, 0.717) is 18.1 Å². The van der Waals surface area contributed by atoms with Gasteiger partial charge in [-0.1, -0.05) is 0 Å². The van der Waals surface area contributed by atoms with Crippen LogP contribution in [-0.4, -0.2) is 42.4 Å². The first-order chi connectivity index (χ1) is 10.8. The van der Waals surface area contributed by atoms with Gasteiger partial charge < -0.3 is 20.7 Å². The Bertz CT molecular complexity index is 367. The minimum absolute atomic E-state index is 0.259. The van der Waals surface area contributed by atoms with Crippen molar-refractivity contribution in [1.29, 1.82) is 0 Å². The second-order valence-corrected chi connectivity index (χ2v) is 8.29. The Balaban J connectivity index is 1.62. The highest BCUT2D eigenvalue weighted by Gasteiger charge is 2.26. The number of rotatable bonds is 5. The minimum Gasteiger partial charge on any atom is -0.444 e. The summed E-state index contributed by atoms with van der Waals surface area (Å²) in [5.41, 5.74) is -0.424. The fourth-order valence-corrected chi connectivity index (χ4v) is 3.73. The van der Waals surface area contributed by atoms with Gasteiger partial charge >= 0.3 is 6.09 Å². The number of carbonyl (C=O) groups is 1. The molecule has 0 radical (unpaired) electrons. The molecule has 134 valence electrons. The normalized spacial score (nSPS) is 30.0. The second kappa shape index (κ2) is 8.34. The summed E-state index contributed by atoms with van der Waals surface area (Å²) in [6.45, 7) is 9.17. The molecule has 0 spiro atoms. The van der Waals surface area contributed by atoms with E-state index >= 15 is 0 Å². The van der Waals surface area contributed by atoms with Gasteiger partial charge in [0.05, 0.1) is 0 Å². The van der Waals surface area contributed by atoms with Gasteiger partial charge in [-0.05, 0) is 79.2 Å². The van der Waals surface area contributed by atoms with Crippen LogP contribution < -0.4 is 16.0 Å². The monoisotopic (exact) mass is 325 g/mol. The molecule has 0 aromatic heterocycles. The van der Waals surface area contributed by atoms with Crippen molar-refractivity contribution < 1.29 is 9.53 Å². The van der Waals surface area contributed by atoms with Gasteiger partial charge in [0.25, 0.3) is 0 Å². The number of hydrogen-bond donors (Lipinski definition) is 3. The molecule has 1 amide bonds. The van der Waals surface area contributed by atoms with Gasteiger partial charge in [-0.15, -0.1) is 0 Å². The molecule has 2 aliphatic rings. The van der Waals surface area contributed by atoms with E-state index in [-0.39, 0.29) is 12.1 Å². The van der Waals surface area contributed by atoms with Crippen molar-refractivity contribution in [3.8, 4) is 0 Å². The largest absolute Gasteiger partial charge is 0.444 e. The zero-order valence-electron chi connectivity index (χ0n) is 15.3. The summed E-state index contributed by atoms with van der Waals surface area (Å²) >= 11 is 0. The molecule has 1 aliphatic heterocycles. The topological polar surface area (TPSA) is 62.4 Å². The van der Waals surface area contributed by atoms with Gasteiger partial charge in [0.15, 0.2) is 0 Å². The third-order valence-corrected chi connectivity index (χ3v) is 4.77. The Morgan fingerprint density at radius 3 is 2.39 bits per heavy atom. The molecule has 1 saturated heterocycles. The predicted molar refractivity (Wildman–Crippen MR) is 93.7 cm³/mol. The first-order valence-electron chi connectivity index (χ1n) is 9.31. The Morgan fingerprint density at radius 1 is 1.17 bits per heavy atom. The molecular formula is C18H35N3O2. The number of carbonyl (C=O) groups excluding carboxylic acids is 1. The lowest BCUT2D eigenvalue weighted by atomic mass is 9.90. The van der Waals surface area contributed by atoms with Crippen molar-refractivity contribution >= 4 is 6.09 Å². The SMILES string of the molecule is CC(CC1CCCN1)NC1CCC(NC(=O)OC(C)(C)C)CC1. The maximum atomic E-state index is 11.8. The van der Waals surface area contributed by atoms with E-state index in [4.69, 9.17) is 4.74 Å². The molecule has 1 saturated carbocycles. The molecule has 2 atom stereocenters. The van der Waals surface area contributed by atoms with Crippen LogP contribution in [0.25, 0.3) is 0 Å². The fraction of sp³-hybridized carbons (Fsp3) is 0.944. The summed E-state index contributed by atoms with van der Waals surface area (Å²) < 4.78 is 5.33. The van der Waals surface area contributed by atoms with Crippen LogP contribution in [0.3, 0.4) is 0 Å². The molecule has 2 fully saturated rings. The van der Waals surface area contributed by atoms with Crippen LogP contribution in [0.2, 0.25) is 0 Å². The average Bonchev–Trinajstić information content (AvgIpc) is 2.91. The Labute approximate surface area is 141 Å². The van der Waals surface area contributed by atoms with E-state index < -0.39 is 5.60 Å². The second-order valence-electron chi connectivity index (χ2n) is 8.29. The molecule has 1 aliphatic carbocycles. The third kappa shape index (κ3) is 7.08. The van der Waals surface area contributed by atoms with Crippen molar-refractivity contribution in [2.24, 2.45) is 0 Å². The van der Waals surface area contributed by atoms with E-state index in [1.807, 2.05) is 20.8 Å². The molecule has 0 aromatic rings. The lowest BCUT2D eigenvalue weighted by Crippen LogP contribution is -2.46. The zero-order valence-corrected chi connectivity index (χ0v) is 15.3. The Hall–Kier alpha value is -0.810. The van der Waals surface area contributed by atoms with Gasteiger partial charge in [0.1, 0.15) is 5.60 Å². The standard InChI is InChI=1S/C18H35N3O2/c1-13(12-16-6-5-11-19-16)20-14-7-9-15(10-8-14)21-17(22)23-18(2,3)4/h13-16,19-20H,5-12H2,1-4H3,(H,21,22). The molecule has 0 aromatic carbocycles. The van der Waals surface area contributed by atoms with Gasteiger partial charge in [0, 0.05) is 24.2 Å². The lowest BCUT2D eigenvalue weighted by molar-refractivity contribution is 0.0489. The smallest absolute Gasteiger partial charge is 0.407 e. The third-order valence-electron chi connectivity index (χ3n) is 4.77. The number of ether oxygens (including phenoxy) is 1. The van der Waals surface area contributed by atoms with Crippen molar-refractivity contribution in [2.45, 2.75) is 102 Å². The summed E-state index contributed by atoms with van der Waals surface area (Å²) in [6.07, 6.45) is 7.89. The Morgan fingerprint density at radius 2 is 1.83 bits per heavy atom. The van der Waals surface area contributed by atoms with Gasteiger partial charge in [-0.3, -0.25) is 0 Å². The quantitative estimate of drug-likeness (QED) is 0.727. The van der Waals surface area contributed by atoms with E-state index in [1.54, 1.807) is 0 Å². The van der Waals surface area contributed by atoms with Crippen LogP contribution in [0.4, 0.5) is 4.79 Å². The predicted octanol–water partition coefficient (Wildman–Crippen LogP) is 2.94. The van der Waals surface area contributed by atoms with Crippen molar-refractivity contribution in [2.75, 3.05) is 6.54 Å². The van der Waals surface area contributed by atoms with Crippen LogP contribution >= 0.6 is 0 Å². The summed E-state index contributed by atoms with van der Waals surface area (Å²) in [5, 5.41) is 10.4. The van der Waals surface area contributed by atoms with Gasteiger partial charge in [-0.2, -0.15) is 0 Å². The summed E-state index contributed by atoms with van der Waals surface area (Å²) in [6, 6.07) is 2.10. The summed E-state index contributed by atoms with van der Waals surface area (Å²) in [7, 11) is 0. The fourth-order valence-electron chi connectivity index (χ4n) is 3.73. The molecule has 5 nitrogen and oxygen atoms in total. The molecule has 1 heterocycles. The number of nitrogens with one attached hydrogen (secondary N) is 3. The molecule has 23 heavy (non-hydrogen) atoms. The molecule has 2 rings (SSSR count). The van der Waals surface area contributed by atoms with E-state index in [1.165, 1.54) is 25.8 Å². The van der Waals surface area contributed by atoms with Gasteiger partial charge in [-0.25, -0.2) is 4.79 Å². The highest BCUT2D eigenvalue weighted by Crippen LogP contribution is 2.21. The van der Waals surface area contributed by atoms with Crippen molar-refractivity contribution in [3.05, 3.63) is 0 Å². The average molecular weight is 325 g/mol. The zero-order chi connectivity index (χ0) is 16.9. The first kappa shape index (κ1) is 18.5. The summed E-state index contributed by atoms with van der Waals surface area (Å²) in [4.78, 5) is 11.8. The van der Waals surface area contributed by atoms with Crippen LogP contribution in [0.5, 0.6) is 0 Å². The Kier molecular flexibility index (Phi) is 6.72. The van der Waals surface area contributed by atoms with Crippen LogP contribution in [0.15, 0.2) is 0 Å². The van der Waals surface area contributed by atoms with E-state index in [9.17, 15) is 4.79 Å². The highest BCUT2D eigenvalue weighted by atomic mass is 16.6. The number of amides is 1. The lowest BCUT2D eigenvalue weighted by Gasteiger charge is -2.32.